The first-order chi connectivity index (χ1) is 11.4. The van der Waals surface area contributed by atoms with Crippen molar-refractivity contribution in [1.82, 2.24) is 20.0 Å². The number of nitrogens with one attached hydrogen (secondary N) is 1. The maximum absolute atomic E-state index is 14.0. The van der Waals surface area contributed by atoms with E-state index in [1.165, 1.54) is 6.92 Å². The van der Waals surface area contributed by atoms with Crippen LogP contribution in [0.1, 0.15) is 29.4 Å². The lowest BCUT2D eigenvalue weighted by molar-refractivity contribution is -0.119. The second kappa shape index (κ2) is 6.68. The van der Waals surface area contributed by atoms with Crippen LogP contribution < -0.4 is 5.32 Å². The monoisotopic (exact) mass is 334 g/mol. The number of carbonyl (C=O) groups excluding carboxylic acids is 1. The van der Waals surface area contributed by atoms with E-state index in [9.17, 15) is 13.6 Å². The number of benzene rings is 1. The van der Waals surface area contributed by atoms with Crippen molar-refractivity contribution in [2.45, 2.75) is 40.0 Å². The molecule has 0 saturated carbocycles. The van der Waals surface area contributed by atoms with Gasteiger partial charge in [0, 0.05) is 32.1 Å². The third kappa shape index (κ3) is 3.46. The Bertz CT molecular complexity index is 772. The zero-order valence-corrected chi connectivity index (χ0v) is 13.8. The Morgan fingerprint density at radius 3 is 2.83 bits per heavy atom. The van der Waals surface area contributed by atoms with Crippen LogP contribution in [0.4, 0.5) is 8.78 Å². The Morgan fingerprint density at radius 1 is 1.29 bits per heavy atom. The molecule has 0 spiro atoms. The van der Waals surface area contributed by atoms with Crippen LogP contribution in [0.15, 0.2) is 18.2 Å². The maximum Gasteiger partial charge on any atom is 0.217 e. The lowest BCUT2D eigenvalue weighted by Gasteiger charge is -2.27. The fourth-order valence-electron chi connectivity index (χ4n) is 2.87. The highest BCUT2D eigenvalue weighted by Gasteiger charge is 2.20. The molecule has 0 saturated heterocycles. The lowest BCUT2D eigenvalue weighted by Crippen LogP contribution is -2.33. The molecule has 1 aromatic heterocycles. The summed E-state index contributed by atoms with van der Waals surface area (Å²) < 4.78 is 29.6. The topological polar surface area (TPSA) is 50.2 Å². The molecular weight excluding hydrogens is 314 g/mol. The van der Waals surface area contributed by atoms with Gasteiger partial charge >= 0.3 is 0 Å². The zero-order valence-electron chi connectivity index (χ0n) is 13.8. The van der Waals surface area contributed by atoms with Crippen LogP contribution in [0.2, 0.25) is 0 Å². The number of aromatic nitrogens is 2. The molecule has 1 N–H and O–H groups in total. The van der Waals surface area contributed by atoms with Crippen molar-refractivity contribution in [3.63, 3.8) is 0 Å². The molecule has 0 fully saturated rings. The van der Waals surface area contributed by atoms with Gasteiger partial charge in [-0.25, -0.2) is 8.78 Å². The van der Waals surface area contributed by atoms with Gasteiger partial charge in [-0.2, -0.15) is 5.10 Å². The maximum atomic E-state index is 14.0. The van der Waals surface area contributed by atoms with Gasteiger partial charge < -0.3 is 5.32 Å². The molecule has 1 aliphatic heterocycles. The van der Waals surface area contributed by atoms with Crippen LogP contribution in [0, 0.1) is 18.6 Å². The van der Waals surface area contributed by atoms with Crippen LogP contribution in [0.3, 0.4) is 0 Å². The van der Waals surface area contributed by atoms with Crippen molar-refractivity contribution in [1.29, 1.82) is 0 Å². The van der Waals surface area contributed by atoms with E-state index in [2.05, 4.69) is 15.3 Å². The molecule has 1 aromatic carbocycles. The molecule has 3 rings (SSSR count). The van der Waals surface area contributed by atoms with Gasteiger partial charge in [-0.3, -0.25) is 14.4 Å². The van der Waals surface area contributed by atoms with Gasteiger partial charge in [0.25, 0.3) is 0 Å². The Kier molecular flexibility index (Phi) is 4.62. The molecule has 0 aliphatic carbocycles. The van der Waals surface area contributed by atoms with E-state index in [-0.39, 0.29) is 5.91 Å². The van der Waals surface area contributed by atoms with Crippen LogP contribution in [0.25, 0.3) is 0 Å². The molecule has 0 bridgehead atoms. The van der Waals surface area contributed by atoms with Crippen LogP contribution in [-0.4, -0.2) is 27.1 Å². The molecule has 1 amide bonds. The van der Waals surface area contributed by atoms with Gasteiger partial charge in [-0.1, -0.05) is 12.1 Å². The highest BCUT2D eigenvalue weighted by Crippen LogP contribution is 2.20. The van der Waals surface area contributed by atoms with E-state index in [0.717, 1.165) is 11.4 Å². The molecule has 5 nitrogen and oxygen atoms in total. The third-order valence-corrected chi connectivity index (χ3v) is 4.20. The summed E-state index contributed by atoms with van der Waals surface area (Å²) in [4.78, 5) is 13.0. The quantitative estimate of drug-likeness (QED) is 0.932. The number of amides is 1. The molecular formula is C17H20F2N4O. The van der Waals surface area contributed by atoms with E-state index in [0.29, 0.717) is 43.9 Å². The number of rotatable bonds is 4. The third-order valence-electron chi connectivity index (χ3n) is 4.20. The summed E-state index contributed by atoms with van der Waals surface area (Å²) in [7, 11) is 0. The number of hydrogen-bond donors (Lipinski definition) is 1. The summed E-state index contributed by atoms with van der Waals surface area (Å²) in [5.41, 5.74) is 2.49. The number of aryl methyl sites for hydroxylation is 1. The predicted molar refractivity (Wildman–Crippen MR) is 85.0 cm³/mol. The second-order valence-electron chi connectivity index (χ2n) is 6.14. The highest BCUT2D eigenvalue weighted by molar-refractivity contribution is 5.72. The minimum Gasteiger partial charge on any atom is -0.351 e. The summed E-state index contributed by atoms with van der Waals surface area (Å²) in [5.74, 6) is -1.63. The zero-order chi connectivity index (χ0) is 17.3. The van der Waals surface area contributed by atoms with Gasteiger partial charge in [0.2, 0.25) is 5.91 Å². The lowest BCUT2D eigenvalue weighted by atomic mass is 10.1. The van der Waals surface area contributed by atoms with E-state index < -0.39 is 11.6 Å². The molecule has 1 aliphatic rings. The van der Waals surface area contributed by atoms with Gasteiger partial charge in [0.15, 0.2) is 11.6 Å². The van der Waals surface area contributed by atoms with Gasteiger partial charge in [0.1, 0.15) is 0 Å². The van der Waals surface area contributed by atoms with Crippen LogP contribution >= 0.6 is 0 Å². The number of hydrogen-bond acceptors (Lipinski definition) is 3. The number of nitrogens with zero attached hydrogens (tertiary/aromatic N) is 3. The Morgan fingerprint density at radius 2 is 2.08 bits per heavy atom. The second-order valence-corrected chi connectivity index (χ2v) is 6.14. The van der Waals surface area contributed by atoms with Crippen molar-refractivity contribution in [2.75, 3.05) is 6.54 Å². The first kappa shape index (κ1) is 16.6. The van der Waals surface area contributed by atoms with Crippen molar-refractivity contribution < 1.29 is 13.6 Å². The minimum atomic E-state index is -0.771. The average molecular weight is 334 g/mol. The van der Waals surface area contributed by atoms with Crippen molar-refractivity contribution in [3.8, 4) is 0 Å². The van der Waals surface area contributed by atoms with Crippen molar-refractivity contribution in [3.05, 3.63) is 52.3 Å². The summed E-state index contributed by atoms with van der Waals surface area (Å²) in [6.07, 6.45) is 0. The Hall–Kier alpha value is -2.28. The van der Waals surface area contributed by atoms with E-state index >= 15 is 0 Å². The van der Waals surface area contributed by atoms with Crippen molar-refractivity contribution in [2.24, 2.45) is 0 Å². The standard InChI is InChI=1S/C17H20F2N4O/c1-11-3-4-13(17(19)16(11)18)9-22-5-6-23-15(10-22)7-14(21-23)8-20-12(2)24/h3-4,7H,5-6,8-10H2,1-2H3,(H,20,24). The molecule has 128 valence electrons. The summed E-state index contributed by atoms with van der Waals surface area (Å²) >= 11 is 0. The molecule has 2 aromatic rings. The molecule has 7 heteroatoms. The minimum absolute atomic E-state index is 0.0977. The largest absolute Gasteiger partial charge is 0.351 e. The Labute approximate surface area is 139 Å². The molecule has 2 heterocycles. The van der Waals surface area contributed by atoms with E-state index in [1.807, 2.05) is 10.7 Å². The predicted octanol–water partition coefficient (Wildman–Crippen LogP) is 2.12. The van der Waals surface area contributed by atoms with E-state index in [4.69, 9.17) is 0 Å². The van der Waals surface area contributed by atoms with Crippen LogP contribution in [-0.2, 0) is 31.0 Å². The number of carbonyl (C=O) groups is 1. The van der Waals surface area contributed by atoms with Gasteiger partial charge in [0.05, 0.1) is 24.5 Å². The molecule has 0 unspecified atom stereocenters. The average Bonchev–Trinajstić information content (AvgIpc) is 2.96. The fourth-order valence-corrected chi connectivity index (χ4v) is 2.87. The summed E-state index contributed by atoms with van der Waals surface area (Å²) in [6.45, 7) is 5.78. The summed E-state index contributed by atoms with van der Waals surface area (Å²) in [6, 6.07) is 5.18. The van der Waals surface area contributed by atoms with Gasteiger partial charge in [-0.05, 0) is 18.6 Å². The first-order valence-electron chi connectivity index (χ1n) is 7.90. The normalized spacial score (nSPS) is 14.5. The summed E-state index contributed by atoms with van der Waals surface area (Å²) in [5, 5.41) is 7.17. The SMILES string of the molecule is CC(=O)NCc1cc2n(n1)CCN(Cc1ccc(C)c(F)c1F)C2. The van der Waals surface area contributed by atoms with Crippen LogP contribution in [0.5, 0.6) is 0 Å². The molecule has 0 atom stereocenters. The highest BCUT2D eigenvalue weighted by atomic mass is 19.2. The smallest absolute Gasteiger partial charge is 0.217 e. The molecule has 0 radical (unpaired) electrons. The molecule has 24 heavy (non-hydrogen) atoms. The first-order valence-corrected chi connectivity index (χ1v) is 7.90. The van der Waals surface area contributed by atoms with Crippen molar-refractivity contribution >= 4 is 5.91 Å². The number of fused-ring (bicyclic) bond motifs is 1. The van der Waals surface area contributed by atoms with E-state index in [1.54, 1.807) is 19.1 Å². The Balaban J connectivity index is 1.69. The number of halogens is 2. The van der Waals surface area contributed by atoms with Gasteiger partial charge in [-0.15, -0.1) is 0 Å². The fraction of sp³-hybridized carbons (Fsp3) is 0.412.